The summed E-state index contributed by atoms with van der Waals surface area (Å²) < 4.78 is 5.78. The third kappa shape index (κ3) is 3.87. The summed E-state index contributed by atoms with van der Waals surface area (Å²) in [5, 5.41) is 4.19. The Balaban J connectivity index is 1.40. The zero-order chi connectivity index (χ0) is 24.6. The number of aromatic nitrogens is 2. The van der Waals surface area contributed by atoms with Gasteiger partial charge in [-0.15, -0.1) is 0 Å². The predicted octanol–water partition coefficient (Wildman–Crippen LogP) is 5.42. The molecule has 0 saturated carbocycles. The van der Waals surface area contributed by atoms with Crippen LogP contribution in [0.3, 0.4) is 0 Å². The standard InChI is InChI=1S/C30H30N4O2/c1-34(2)29-23-14-16-31-27(21-12-7-9-19-8-3-4-10-20(19)21)28(23)32-18-24(29)30(35)33-25-15-17-36-26-13-6-5-11-22(25)26/h3-6,8,10-11,13-14,16,18,21,25H,7,9,12,15,17H2,1-2H3,(H,33,35)/t21-,25-/m0/s1. The molecule has 0 spiro atoms. The van der Waals surface area contributed by atoms with Gasteiger partial charge in [-0.3, -0.25) is 14.8 Å². The summed E-state index contributed by atoms with van der Waals surface area (Å²) in [7, 11) is 3.95. The van der Waals surface area contributed by atoms with E-state index in [1.54, 1.807) is 6.20 Å². The number of aryl methyl sites for hydroxylation is 1. The van der Waals surface area contributed by atoms with E-state index >= 15 is 0 Å². The van der Waals surface area contributed by atoms with Crippen LogP contribution < -0.4 is 15.0 Å². The smallest absolute Gasteiger partial charge is 0.255 e. The molecular weight excluding hydrogens is 448 g/mol. The largest absolute Gasteiger partial charge is 0.493 e. The Kier molecular flexibility index (Phi) is 5.80. The Labute approximate surface area is 211 Å². The fourth-order valence-electron chi connectivity index (χ4n) is 5.80. The summed E-state index contributed by atoms with van der Waals surface area (Å²) in [6, 6.07) is 18.5. The topological polar surface area (TPSA) is 67.4 Å². The summed E-state index contributed by atoms with van der Waals surface area (Å²) in [5.74, 6) is 0.915. The molecule has 1 aliphatic carbocycles. The molecule has 3 heterocycles. The fraction of sp³-hybridized carbons (Fsp3) is 0.300. The quantitative estimate of drug-likeness (QED) is 0.424. The van der Waals surface area contributed by atoms with Gasteiger partial charge in [0.2, 0.25) is 0 Å². The van der Waals surface area contributed by atoms with Gasteiger partial charge < -0.3 is 15.0 Å². The maximum atomic E-state index is 13.6. The van der Waals surface area contributed by atoms with Crippen molar-refractivity contribution >= 4 is 22.5 Å². The van der Waals surface area contributed by atoms with Gasteiger partial charge in [0.05, 0.1) is 35.1 Å². The van der Waals surface area contributed by atoms with Crippen LogP contribution in [0.25, 0.3) is 10.9 Å². The summed E-state index contributed by atoms with van der Waals surface area (Å²) in [4.78, 5) is 25.3. The van der Waals surface area contributed by atoms with E-state index < -0.39 is 0 Å². The third-order valence-corrected chi connectivity index (χ3v) is 7.44. The third-order valence-electron chi connectivity index (χ3n) is 7.44. The van der Waals surface area contributed by atoms with Crippen molar-refractivity contribution in [1.82, 2.24) is 15.3 Å². The number of hydrogen-bond acceptors (Lipinski definition) is 5. The Hall–Kier alpha value is -3.93. The van der Waals surface area contributed by atoms with Gasteiger partial charge in [0.1, 0.15) is 5.75 Å². The van der Waals surface area contributed by atoms with Gasteiger partial charge in [0, 0.05) is 49.8 Å². The van der Waals surface area contributed by atoms with E-state index in [0.29, 0.717) is 12.2 Å². The molecule has 1 N–H and O–H groups in total. The minimum atomic E-state index is -0.129. The molecule has 0 radical (unpaired) electrons. The number of carbonyl (C=O) groups excluding carboxylic acids is 1. The van der Waals surface area contributed by atoms with Crippen molar-refractivity contribution in [2.75, 3.05) is 25.6 Å². The highest BCUT2D eigenvalue weighted by Gasteiger charge is 2.28. The van der Waals surface area contributed by atoms with Crippen LogP contribution in [0.2, 0.25) is 0 Å². The zero-order valence-corrected chi connectivity index (χ0v) is 20.7. The van der Waals surface area contributed by atoms with Crippen molar-refractivity contribution in [2.45, 2.75) is 37.6 Å². The van der Waals surface area contributed by atoms with Gasteiger partial charge in [-0.05, 0) is 42.5 Å². The molecule has 2 atom stereocenters. The van der Waals surface area contributed by atoms with Crippen molar-refractivity contribution in [1.29, 1.82) is 0 Å². The molecule has 0 saturated heterocycles. The Morgan fingerprint density at radius 2 is 1.81 bits per heavy atom. The molecule has 1 amide bonds. The lowest BCUT2D eigenvalue weighted by atomic mass is 9.80. The van der Waals surface area contributed by atoms with Crippen molar-refractivity contribution in [2.24, 2.45) is 0 Å². The van der Waals surface area contributed by atoms with Gasteiger partial charge in [0.15, 0.2) is 0 Å². The first-order valence-electron chi connectivity index (χ1n) is 12.7. The van der Waals surface area contributed by atoms with E-state index in [4.69, 9.17) is 14.7 Å². The van der Waals surface area contributed by atoms with E-state index in [9.17, 15) is 4.79 Å². The summed E-state index contributed by atoms with van der Waals surface area (Å²) >= 11 is 0. The number of amides is 1. The molecule has 6 rings (SSSR count). The lowest BCUT2D eigenvalue weighted by Crippen LogP contribution is -2.33. The zero-order valence-electron chi connectivity index (χ0n) is 20.7. The van der Waals surface area contributed by atoms with Gasteiger partial charge >= 0.3 is 0 Å². The van der Waals surface area contributed by atoms with Gasteiger partial charge in [-0.2, -0.15) is 0 Å². The molecule has 2 aromatic carbocycles. The van der Waals surface area contributed by atoms with Gasteiger partial charge in [-0.25, -0.2) is 0 Å². The van der Waals surface area contributed by atoms with Gasteiger partial charge in [0.25, 0.3) is 5.91 Å². The summed E-state index contributed by atoms with van der Waals surface area (Å²) in [6.45, 7) is 0.580. The van der Waals surface area contributed by atoms with Crippen LogP contribution in [-0.2, 0) is 6.42 Å². The Morgan fingerprint density at radius 3 is 2.67 bits per heavy atom. The number of nitrogens with one attached hydrogen (secondary N) is 1. The molecule has 1 aliphatic heterocycles. The average Bonchev–Trinajstić information content (AvgIpc) is 2.91. The minimum Gasteiger partial charge on any atom is -0.493 e. The van der Waals surface area contributed by atoms with Crippen molar-refractivity contribution in [3.8, 4) is 5.75 Å². The van der Waals surface area contributed by atoms with Crippen LogP contribution in [-0.4, -0.2) is 36.6 Å². The molecule has 6 heteroatoms. The first-order valence-corrected chi connectivity index (χ1v) is 12.7. The molecule has 6 nitrogen and oxygen atoms in total. The Bertz CT molecular complexity index is 1450. The molecule has 4 aromatic rings. The molecule has 0 unspecified atom stereocenters. The SMILES string of the molecule is CN(C)c1c(C(=O)N[C@H]2CCOc3ccccc32)cnc2c([C@H]3CCCc4ccccc43)nccc12. The highest BCUT2D eigenvalue weighted by Crippen LogP contribution is 2.40. The van der Waals surface area contributed by atoms with Crippen molar-refractivity contribution in [3.63, 3.8) is 0 Å². The normalized spacial score (nSPS) is 18.6. The lowest BCUT2D eigenvalue weighted by Gasteiger charge is -2.28. The fourth-order valence-corrected chi connectivity index (χ4v) is 5.80. The monoisotopic (exact) mass is 478 g/mol. The summed E-state index contributed by atoms with van der Waals surface area (Å²) in [6.07, 6.45) is 7.60. The number of pyridine rings is 2. The second kappa shape index (κ2) is 9.26. The minimum absolute atomic E-state index is 0.0973. The number of benzene rings is 2. The molecule has 0 bridgehead atoms. The first-order chi connectivity index (χ1) is 17.6. The number of para-hydroxylation sites is 1. The van der Waals surface area contributed by atoms with E-state index in [1.165, 1.54) is 11.1 Å². The average molecular weight is 479 g/mol. The number of anilines is 1. The van der Waals surface area contributed by atoms with E-state index in [1.807, 2.05) is 55.5 Å². The van der Waals surface area contributed by atoms with E-state index in [0.717, 1.165) is 59.3 Å². The number of nitrogens with zero attached hydrogens (tertiary/aromatic N) is 3. The van der Waals surface area contributed by atoms with E-state index in [2.05, 4.69) is 29.6 Å². The molecule has 2 aliphatic rings. The maximum Gasteiger partial charge on any atom is 0.255 e. The van der Waals surface area contributed by atoms with Crippen LogP contribution in [0, 0.1) is 0 Å². The van der Waals surface area contributed by atoms with Crippen molar-refractivity contribution < 1.29 is 9.53 Å². The van der Waals surface area contributed by atoms with Crippen LogP contribution >= 0.6 is 0 Å². The lowest BCUT2D eigenvalue weighted by molar-refractivity contribution is 0.0925. The maximum absolute atomic E-state index is 13.6. The highest BCUT2D eigenvalue weighted by atomic mass is 16.5. The predicted molar refractivity (Wildman–Crippen MR) is 142 cm³/mol. The number of fused-ring (bicyclic) bond motifs is 3. The molecule has 182 valence electrons. The molecular formula is C30H30N4O2. The van der Waals surface area contributed by atoms with E-state index in [-0.39, 0.29) is 17.9 Å². The highest BCUT2D eigenvalue weighted by molar-refractivity contribution is 6.07. The molecule has 36 heavy (non-hydrogen) atoms. The number of rotatable bonds is 4. The van der Waals surface area contributed by atoms with Crippen molar-refractivity contribution in [3.05, 3.63) is 94.9 Å². The van der Waals surface area contributed by atoms with Crippen LogP contribution in [0.4, 0.5) is 5.69 Å². The second-order valence-electron chi connectivity index (χ2n) is 9.85. The summed E-state index contributed by atoms with van der Waals surface area (Å²) in [5.41, 5.74) is 7.05. The number of hydrogen-bond donors (Lipinski definition) is 1. The van der Waals surface area contributed by atoms with Crippen LogP contribution in [0.15, 0.2) is 67.0 Å². The molecule has 0 fully saturated rings. The second-order valence-corrected chi connectivity index (χ2v) is 9.85. The Morgan fingerprint density at radius 1 is 1.00 bits per heavy atom. The number of ether oxygens (including phenoxy) is 1. The first kappa shape index (κ1) is 22.5. The molecule has 2 aromatic heterocycles. The van der Waals surface area contributed by atoms with Crippen LogP contribution in [0.5, 0.6) is 5.75 Å². The number of carbonyl (C=O) groups is 1. The van der Waals surface area contributed by atoms with Crippen LogP contribution in [0.1, 0.15) is 64.0 Å². The van der Waals surface area contributed by atoms with Gasteiger partial charge in [-0.1, -0.05) is 42.5 Å².